The number of nitrogens with one attached hydrogen (secondary N) is 2. The van der Waals surface area contributed by atoms with E-state index < -0.39 is 6.10 Å². The maximum atomic E-state index is 13.2. The van der Waals surface area contributed by atoms with Crippen LogP contribution in [0.3, 0.4) is 0 Å². The number of nitrogens with two attached hydrogens (primary N) is 1. The van der Waals surface area contributed by atoms with E-state index in [1.807, 2.05) is 13.8 Å². The summed E-state index contributed by atoms with van der Waals surface area (Å²) in [6.07, 6.45) is -0.901. The van der Waals surface area contributed by atoms with Gasteiger partial charge in [-0.05, 0) is 30.2 Å². The van der Waals surface area contributed by atoms with Gasteiger partial charge in [0.25, 0.3) is 0 Å². The SMILES string of the molecule is CC(C)(CN)CN=C(NCC(O)CO)Nc1cccc(F)c1. The van der Waals surface area contributed by atoms with Crippen LogP contribution in [0, 0.1) is 11.2 Å². The highest BCUT2D eigenvalue weighted by Crippen LogP contribution is 2.13. The van der Waals surface area contributed by atoms with E-state index in [-0.39, 0.29) is 24.4 Å². The van der Waals surface area contributed by atoms with Crippen molar-refractivity contribution in [2.45, 2.75) is 20.0 Å². The van der Waals surface area contributed by atoms with Crippen molar-refractivity contribution in [1.82, 2.24) is 5.32 Å². The smallest absolute Gasteiger partial charge is 0.195 e. The van der Waals surface area contributed by atoms with Gasteiger partial charge in [-0.15, -0.1) is 0 Å². The number of aliphatic imine (C=N–C) groups is 1. The van der Waals surface area contributed by atoms with Gasteiger partial charge in [0.15, 0.2) is 5.96 Å². The number of guanidine groups is 1. The Balaban J connectivity index is 2.79. The molecule has 0 heterocycles. The number of rotatable bonds is 7. The van der Waals surface area contributed by atoms with Gasteiger partial charge >= 0.3 is 0 Å². The number of nitrogens with zero attached hydrogens (tertiary/aromatic N) is 1. The van der Waals surface area contributed by atoms with Gasteiger partial charge in [0.1, 0.15) is 5.82 Å². The molecule has 6 N–H and O–H groups in total. The van der Waals surface area contributed by atoms with E-state index >= 15 is 0 Å². The average molecular weight is 312 g/mol. The van der Waals surface area contributed by atoms with Crippen molar-refractivity contribution >= 4 is 11.6 Å². The molecular formula is C15H25FN4O2. The van der Waals surface area contributed by atoms with Crippen LogP contribution in [-0.2, 0) is 0 Å². The summed E-state index contributed by atoms with van der Waals surface area (Å²) in [4.78, 5) is 4.40. The Morgan fingerprint density at radius 1 is 1.45 bits per heavy atom. The lowest BCUT2D eigenvalue weighted by Gasteiger charge is -2.21. The van der Waals surface area contributed by atoms with Gasteiger partial charge < -0.3 is 26.6 Å². The fraction of sp³-hybridized carbons (Fsp3) is 0.533. The molecule has 0 saturated carbocycles. The first-order valence-electron chi connectivity index (χ1n) is 7.16. The summed E-state index contributed by atoms with van der Waals surface area (Å²) in [7, 11) is 0. The Hall–Kier alpha value is -1.70. The van der Waals surface area contributed by atoms with Crippen LogP contribution in [0.5, 0.6) is 0 Å². The quantitative estimate of drug-likeness (QED) is 0.373. The second kappa shape index (κ2) is 8.67. The molecule has 0 spiro atoms. The maximum Gasteiger partial charge on any atom is 0.195 e. The Morgan fingerprint density at radius 3 is 2.77 bits per heavy atom. The van der Waals surface area contributed by atoms with Crippen molar-refractivity contribution in [1.29, 1.82) is 0 Å². The molecule has 0 amide bonds. The Kier molecular flexibility index (Phi) is 7.23. The van der Waals surface area contributed by atoms with Crippen molar-refractivity contribution < 1.29 is 14.6 Å². The second-order valence-corrected chi connectivity index (χ2v) is 5.89. The number of halogens is 1. The lowest BCUT2D eigenvalue weighted by molar-refractivity contribution is 0.0982. The minimum Gasteiger partial charge on any atom is -0.394 e. The molecule has 7 heteroatoms. The van der Waals surface area contributed by atoms with Crippen molar-refractivity contribution in [2.24, 2.45) is 16.1 Å². The molecule has 0 fully saturated rings. The van der Waals surface area contributed by atoms with Crippen LogP contribution < -0.4 is 16.4 Å². The zero-order chi connectivity index (χ0) is 16.6. The largest absolute Gasteiger partial charge is 0.394 e. The van der Waals surface area contributed by atoms with Crippen molar-refractivity contribution in [3.63, 3.8) is 0 Å². The van der Waals surface area contributed by atoms with Crippen molar-refractivity contribution in [3.05, 3.63) is 30.1 Å². The molecule has 1 atom stereocenters. The topological polar surface area (TPSA) is 103 Å². The van der Waals surface area contributed by atoms with Gasteiger partial charge in [0.05, 0.1) is 12.7 Å². The molecule has 1 aromatic rings. The second-order valence-electron chi connectivity index (χ2n) is 5.89. The van der Waals surface area contributed by atoms with E-state index in [2.05, 4.69) is 15.6 Å². The molecule has 0 saturated heterocycles. The lowest BCUT2D eigenvalue weighted by atomic mass is 9.94. The number of aliphatic hydroxyl groups is 2. The predicted molar refractivity (Wildman–Crippen MR) is 86.3 cm³/mol. The standard InChI is InChI=1S/C15H25FN4O2/c1-15(2,9-17)10-19-14(18-7-13(22)8-21)20-12-5-3-4-11(16)6-12/h3-6,13,21-22H,7-10,17H2,1-2H3,(H2,18,19,20). The molecule has 0 aliphatic heterocycles. The molecule has 1 unspecified atom stereocenters. The number of hydrogen-bond donors (Lipinski definition) is 5. The summed E-state index contributed by atoms with van der Waals surface area (Å²) in [6.45, 7) is 4.68. The van der Waals surface area contributed by atoms with Crippen LogP contribution in [0.25, 0.3) is 0 Å². The first-order valence-corrected chi connectivity index (χ1v) is 7.16. The molecule has 0 bridgehead atoms. The maximum absolute atomic E-state index is 13.2. The molecule has 6 nitrogen and oxygen atoms in total. The van der Waals surface area contributed by atoms with Crippen molar-refractivity contribution in [2.75, 3.05) is 31.6 Å². The molecule has 0 aromatic heterocycles. The Labute approximate surface area is 130 Å². The van der Waals surface area contributed by atoms with Crippen LogP contribution >= 0.6 is 0 Å². The van der Waals surface area contributed by atoms with E-state index in [1.165, 1.54) is 12.1 Å². The monoisotopic (exact) mass is 312 g/mol. The van der Waals surface area contributed by atoms with Crippen LogP contribution in [0.4, 0.5) is 10.1 Å². The highest BCUT2D eigenvalue weighted by molar-refractivity contribution is 5.93. The fourth-order valence-electron chi connectivity index (χ4n) is 1.48. The number of aliphatic hydroxyl groups excluding tert-OH is 2. The van der Waals surface area contributed by atoms with E-state index in [1.54, 1.807) is 12.1 Å². The highest BCUT2D eigenvalue weighted by Gasteiger charge is 2.15. The molecule has 22 heavy (non-hydrogen) atoms. The van der Waals surface area contributed by atoms with Crippen LogP contribution in [-0.4, -0.2) is 48.5 Å². The van der Waals surface area contributed by atoms with Crippen LogP contribution in [0.2, 0.25) is 0 Å². The van der Waals surface area contributed by atoms with E-state index in [0.717, 1.165) is 0 Å². The summed E-state index contributed by atoms with van der Waals surface area (Å²) in [5.41, 5.74) is 6.04. The average Bonchev–Trinajstić information content (AvgIpc) is 2.49. The Morgan fingerprint density at radius 2 is 2.18 bits per heavy atom. The van der Waals surface area contributed by atoms with Gasteiger partial charge in [-0.3, -0.25) is 4.99 Å². The minimum absolute atomic E-state index is 0.126. The first-order chi connectivity index (χ1) is 10.4. The summed E-state index contributed by atoms with van der Waals surface area (Å²) < 4.78 is 13.2. The summed E-state index contributed by atoms with van der Waals surface area (Å²) in [6, 6.07) is 5.98. The van der Waals surface area contributed by atoms with Gasteiger partial charge in [-0.25, -0.2) is 4.39 Å². The minimum atomic E-state index is -0.901. The summed E-state index contributed by atoms with van der Waals surface area (Å²) in [5.74, 6) is 0.0293. The molecule has 1 aromatic carbocycles. The normalized spacial score (nSPS) is 13.8. The third-order valence-electron chi connectivity index (χ3n) is 3.02. The molecule has 1 rings (SSSR count). The first kappa shape index (κ1) is 18.3. The van der Waals surface area contributed by atoms with E-state index in [9.17, 15) is 9.50 Å². The lowest BCUT2D eigenvalue weighted by Crippen LogP contribution is -2.39. The van der Waals surface area contributed by atoms with Gasteiger partial charge in [0, 0.05) is 18.8 Å². The third kappa shape index (κ3) is 6.84. The number of anilines is 1. The molecule has 0 aliphatic carbocycles. The van der Waals surface area contributed by atoms with Gasteiger partial charge in [-0.2, -0.15) is 0 Å². The van der Waals surface area contributed by atoms with Crippen LogP contribution in [0.1, 0.15) is 13.8 Å². The molecular weight excluding hydrogens is 287 g/mol. The molecule has 124 valence electrons. The third-order valence-corrected chi connectivity index (χ3v) is 3.02. The summed E-state index contributed by atoms with van der Waals surface area (Å²) >= 11 is 0. The van der Waals surface area contributed by atoms with E-state index in [0.29, 0.717) is 24.7 Å². The highest BCUT2D eigenvalue weighted by atomic mass is 19.1. The van der Waals surface area contributed by atoms with Crippen LogP contribution in [0.15, 0.2) is 29.3 Å². The number of hydrogen-bond acceptors (Lipinski definition) is 4. The fourth-order valence-corrected chi connectivity index (χ4v) is 1.48. The van der Waals surface area contributed by atoms with Gasteiger partial charge in [0.2, 0.25) is 0 Å². The zero-order valence-electron chi connectivity index (χ0n) is 13.0. The molecule has 0 aliphatic rings. The Bertz CT molecular complexity index is 494. The van der Waals surface area contributed by atoms with E-state index in [4.69, 9.17) is 10.8 Å². The van der Waals surface area contributed by atoms with Crippen molar-refractivity contribution in [3.8, 4) is 0 Å². The summed E-state index contributed by atoms with van der Waals surface area (Å²) in [5, 5.41) is 24.1. The number of benzene rings is 1. The molecule has 0 radical (unpaired) electrons. The zero-order valence-corrected chi connectivity index (χ0v) is 13.0. The predicted octanol–water partition coefficient (Wildman–Crippen LogP) is 0.521. The van der Waals surface area contributed by atoms with Gasteiger partial charge in [-0.1, -0.05) is 19.9 Å².